The molecule has 0 N–H and O–H groups in total. The molecule has 2 aliphatic rings. The van der Waals surface area contributed by atoms with Crippen LogP contribution in [0.25, 0.3) is 5.76 Å². The maximum Gasteiger partial charge on any atom is 0.178 e. The number of ether oxygens (including phenoxy) is 3. The number of morpholine rings is 2. The first-order valence-corrected chi connectivity index (χ1v) is 12.0. The highest BCUT2D eigenvalue weighted by Gasteiger charge is 2.16. The molecule has 2 saturated heterocycles. The molecule has 184 valence electrons. The smallest absolute Gasteiger partial charge is 0.178 e. The maximum absolute atomic E-state index is 11.3. The molecule has 4 rings (SSSR count). The van der Waals surface area contributed by atoms with E-state index in [-0.39, 0.29) is 5.78 Å². The van der Waals surface area contributed by atoms with Gasteiger partial charge in [-0.1, -0.05) is 29.8 Å². The van der Waals surface area contributed by atoms with E-state index in [0.717, 1.165) is 51.0 Å². The van der Waals surface area contributed by atoms with Crippen molar-refractivity contribution in [2.75, 3.05) is 69.0 Å². The van der Waals surface area contributed by atoms with Gasteiger partial charge >= 0.3 is 0 Å². The number of carbonyl (C=O) groups excluding carboxylic acids is 1. The molecule has 4 heterocycles. The van der Waals surface area contributed by atoms with Crippen molar-refractivity contribution < 1.29 is 19.0 Å². The van der Waals surface area contributed by atoms with Crippen LogP contribution in [0.5, 0.6) is 0 Å². The quantitative estimate of drug-likeness (QED) is 0.420. The van der Waals surface area contributed by atoms with Crippen LogP contribution >= 0.6 is 23.2 Å². The summed E-state index contributed by atoms with van der Waals surface area (Å²) in [5.74, 6) is 2.08. The third-order valence-electron chi connectivity index (χ3n) is 5.19. The van der Waals surface area contributed by atoms with Gasteiger partial charge in [-0.3, -0.25) is 4.79 Å². The molecular formula is C24H30Cl2N4O4. The number of rotatable bonds is 6. The number of aromatic nitrogens is 2. The monoisotopic (exact) mass is 508 g/mol. The standard InChI is InChI=1S/C13H17ClN2O2.C11H13ClN2O2/c1-3-18-10(2)12-8-11(14)9-13(15-12)16-4-6-17-7-5-16;1-8(15)10-6-9(12)7-11(13-10)14-2-4-16-5-3-14/h8-9H,2-7H2,1H3;6-7H,2-5H2,1H3. The molecule has 0 bridgehead atoms. The van der Waals surface area contributed by atoms with Crippen LogP contribution in [-0.2, 0) is 14.2 Å². The van der Waals surface area contributed by atoms with Crippen LogP contribution in [0, 0.1) is 0 Å². The molecule has 2 fully saturated rings. The highest BCUT2D eigenvalue weighted by Crippen LogP contribution is 2.24. The molecule has 8 nitrogen and oxygen atoms in total. The van der Waals surface area contributed by atoms with Gasteiger partial charge in [0.25, 0.3) is 0 Å². The number of hydrogen-bond acceptors (Lipinski definition) is 8. The van der Waals surface area contributed by atoms with Crippen molar-refractivity contribution in [1.29, 1.82) is 0 Å². The van der Waals surface area contributed by atoms with E-state index in [4.69, 9.17) is 37.4 Å². The Kier molecular flexibility index (Phi) is 9.95. The first kappa shape index (κ1) is 26.2. The SMILES string of the molecule is C=C(OCC)c1cc(Cl)cc(N2CCOCC2)n1.CC(=O)c1cc(Cl)cc(N2CCOCC2)n1. The Morgan fingerprint density at radius 1 is 0.912 bits per heavy atom. The molecule has 2 aromatic rings. The summed E-state index contributed by atoms with van der Waals surface area (Å²) in [5.41, 5.74) is 1.10. The van der Waals surface area contributed by atoms with Crippen molar-refractivity contribution in [3.8, 4) is 0 Å². The Hall–Kier alpha value is -2.39. The summed E-state index contributed by atoms with van der Waals surface area (Å²) < 4.78 is 15.9. The maximum atomic E-state index is 11.3. The predicted molar refractivity (Wildman–Crippen MR) is 135 cm³/mol. The number of ketones is 1. The summed E-state index contributed by atoms with van der Waals surface area (Å²) >= 11 is 12.1. The zero-order valence-corrected chi connectivity index (χ0v) is 21.1. The molecule has 0 aliphatic carbocycles. The molecule has 0 amide bonds. The second-order valence-electron chi connectivity index (χ2n) is 7.67. The zero-order valence-electron chi connectivity index (χ0n) is 19.6. The van der Waals surface area contributed by atoms with Gasteiger partial charge in [-0.05, 0) is 31.2 Å². The van der Waals surface area contributed by atoms with Gasteiger partial charge < -0.3 is 24.0 Å². The fraction of sp³-hybridized carbons (Fsp3) is 0.458. The summed E-state index contributed by atoms with van der Waals surface area (Å²) in [6.45, 7) is 13.9. The summed E-state index contributed by atoms with van der Waals surface area (Å²) in [6.07, 6.45) is 0. The highest BCUT2D eigenvalue weighted by atomic mass is 35.5. The number of nitrogens with zero attached hydrogens (tertiary/aromatic N) is 4. The molecule has 0 aromatic carbocycles. The highest BCUT2D eigenvalue weighted by molar-refractivity contribution is 6.31. The minimum Gasteiger partial charge on any atom is -0.492 e. The zero-order chi connectivity index (χ0) is 24.5. The number of pyridine rings is 2. The van der Waals surface area contributed by atoms with Crippen molar-refractivity contribution >= 4 is 46.4 Å². The van der Waals surface area contributed by atoms with Crippen LogP contribution < -0.4 is 9.80 Å². The number of carbonyl (C=O) groups is 1. The number of Topliss-reactive ketones (excluding diaryl/α,β-unsaturated/α-hetero) is 1. The van der Waals surface area contributed by atoms with E-state index >= 15 is 0 Å². The largest absolute Gasteiger partial charge is 0.492 e. The van der Waals surface area contributed by atoms with Gasteiger partial charge in [-0.25, -0.2) is 9.97 Å². The minimum atomic E-state index is -0.0722. The summed E-state index contributed by atoms with van der Waals surface area (Å²) in [7, 11) is 0. The van der Waals surface area contributed by atoms with E-state index in [1.807, 2.05) is 13.0 Å². The van der Waals surface area contributed by atoms with Crippen LogP contribution in [0.15, 0.2) is 30.8 Å². The molecule has 34 heavy (non-hydrogen) atoms. The van der Waals surface area contributed by atoms with Crippen molar-refractivity contribution in [1.82, 2.24) is 9.97 Å². The summed E-state index contributed by atoms with van der Waals surface area (Å²) in [6, 6.07) is 6.99. The molecular weight excluding hydrogens is 479 g/mol. The molecule has 0 spiro atoms. The third-order valence-corrected chi connectivity index (χ3v) is 5.62. The van der Waals surface area contributed by atoms with Gasteiger partial charge in [-0.2, -0.15) is 0 Å². The molecule has 0 saturated carbocycles. The van der Waals surface area contributed by atoms with Crippen molar-refractivity contribution in [2.45, 2.75) is 13.8 Å². The molecule has 10 heteroatoms. The van der Waals surface area contributed by atoms with Gasteiger partial charge in [-0.15, -0.1) is 0 Å². The lowest BCUT2D eigenvalue weighted by molar-refractivity contribution is 0.101. The normalized spacial score (nSPS) is 15.9. The Labute approximate surface area is 210 Å². The van der Waals surface area contributed by atoms with E-state index in [2.05, 4.69) is 26.3 Å². The minimum absolute atomic E-state index is 0.0722. The lowest BCUT2D eigenvalue weighted by Crippen LogP contribution is -2.36. The van der Waals surface area contributed by atoms with Crippen LogP contribution in [0.4, 0.5) is 11.6 Å². The lowest BCUT2D eigenvalue weighted by Gasteiger charge is -2.28. The van der Waals surface area contributed by atoms with E-state index in [9.17, 15) is 4.79 Å². The predicted octanol–water partition coefficient (Wildman–Crippen LogP) is 4.35. The van der Waals surface area contributed by atoms with Gasteiger partial charge in [0.15, 0.2) is 5.78 Å². The Morgan fingerprint density at radius 2 is 1.35 bits per heavy atom. The third kappa shape index (κ3) is 7.56. The lowest BCUT2D eigenvalue weighted by atomic mass is 10.2. The summed E-state index contributed by atoms with van der Waals surface area (Å²) in [4.78, 5) is 24.3. The molecule has 0 radical (unpaired) electrons. The first-order chi connectivity index (χ1) is 16.4. The van der Waals surface area contributed by atoms with Gasteiger partial charge in [0.05, 0.1) is 33.0 Å². The van der Waals surface area contributed by atoms with E-state index < -0.39 is 0 Å². The molecule has 2 aliphatic heterocycles. The van der Waals surface area contributed by atoms with Crippen LogP contribution in [0.1, 0.15) is 30.0 Å². The second kappa shape index (κ2) is 12.9. The van der Waals surface area contributed by atoms with Gasteiger partial charge in [0.2, 0.25) is 0 Å². The van der Waals surface area contributed by atoms with Crippen LogP contribution in [0.2, 0.25) is 10.0 Å². The van der Waals surface area contributed by atoms with E-state index in [1.54, 1.807) is 18.2 Å². The topological polar surface area (TPSA) is 77.0 Å². The average molecular weight is 509 g/mol. The number of hydrogen-bond donors (Lipinski definition) is 0. The summed E-state index contributed by atoms with van der Waals surface area (Å²) in [5, 5.41) is 1.18. The van der Waals surface area contributed by atoms with E-state index in [0.29, 0.717) is 47.0 Å². The molecule has 2 aromatic heterocycles. The fourth-order valence-electron chi connectivity index (χ4n) is 3.45. The average Bonchev–Trinajstić information content (AvgIpc) is 2.85. The van der Waals surface area contributed by atoms with Gasteiger partial charge in [0.1, 0.15) is 28.8 Å². The molecule has 0 unspecified atom stereocenters. The van der Waals surface area contributed by atoms with Crippen molar-refractivity contribution in [3.05, 3.63) is 52.3 Å². The van der Waals surface area contributed by atoms with Crippen LogP contribution in [-0.4, -0.2) is 75.0 Å². The van der Waals surface area contributed by atoms with E-state index in [1.165, 1.54) is 6.92 Å². The number of anilines is 2. The van der Waals surface area contributed by atoms with Crippen molar-refractivity contribution in [2.24, 2.45) is 0 Å². The first-order valence-electron chi connectivity index (χ1n) is 11.2. The number of halogens is 2. The Balaban J connectivity index is 0.000000192. The van der Waals surface area contributed by atoms with Gasteiger partial charge in [0, 0.05) is 43.1 Å². The fourth-order valence-corrected chi connectivity index (χ4v) is 3.85. The second-order valence-corrected chi connectivity index (χ2v) is 8.54. The Bertz CT molecular complexity index is 993. The molecule has 0 atom stereocenters. The van der Waals surface area contributed by atoms with Crippen molar-refractivity contribution in [3.63, 3.8) is 0 Å². The Morgan fingerprint density at radius 3 is 1.79 bits per heavy atom. The van der Waals surface area contributed by atoms with Crippen LogP contribution in [0.3, 0.4) is 0 Å².